The Morgan fingerprint density at radius 1 is 1.20 bits per heavy atom. The molecule has 0 saturated carbocycles. The Bertz CT molecular complexity index is 4.85. The highest BCUT2D eigenvalue weighted by molar-refractivity contribution is 14.2. The van der Waals surface area contributed by atoms with Gasteiger partial charge in [-0.1, -0.05) is 67.8 Å². The topological polar surface area (TPSA) is 0 Å². The lowest BCUT2D eigenvalue weighted by atomic mass is 12.0. The Kier molecular flexibility index (Phi) is 33.5. The number of halogens is 3. The number of hydrogen-bond donors (Lipinski definition) is 0. The molecule has 0 aromatic rings. The first-order chi connectivity index (χ1) is 2.41. The molecule has 0 N–H and O–H groups in total. The van der Waals surface area contributed by atoms with Gasteiger partial charge in [-0.2, -0.15) is 0 Å². The smallest absolute Gasteiger partial charge is 0.0516 e. The van der Waals surface area contributed by atoms with Crippen molar-refractivity contribution in [2.75, 3.05) is 7.36 Å². The zero-order valence-corrected chi connectivity index (χ0v) is 9.31. The maximum absolute atomic E-state index is 2.28. The Labute approximate surface area is 73.9 Å². The summed E-state index contributed by atoms with van der Waals surface area (Å²) in [6, 6.07) is 0. The minimum absolute atomic E-state index is 1.19. The van der Waals surface area contributed by atoms with Crippen LogP contribution in [0, 0.1) is 0 Å². The molecule has 0 aliphatic rings. The molecule has 0 atom stereocenters. The van der Waals surface area contributed by atoms with Crippen molar-refractivity contribution in [1.82, 2.24) is 0 Å². The van der Waals surface area contributed by atoms with E-state index in [1.165, 1.54) is 2.43 Å². The van der Waals surface area contributed by atoms with Gasteiger partial charge in [-0.15, -0.1) is 0 Å². The highest BCUT2D eigenvalue weighted by Crippen LogP contribution is 1.86. The van der Waals surface area contributed by atoms with E-state index < -0.39 is 0 Å². The molecular formula is C2H5I3. The summed E-state index contributed by atoms with van der Waals surface area (Å²) in [4.78, 5) is 1.97. The lowest BCUT2D eigenvalue weighted by Crippen LogP contribution is -1.17. The first-order valence-electron chi connectivity index (χ1n) is 0.912. The summed E-state index contributed by atoms with van der Waals surface area (Å²) in [6.07, 6.45) is 0. The highest BCUT2D eigenvalue weighted by Gasteiger charge is 1.40. The van der Waals surface area contributed by atoms with Gasteiger partial charge in [-0.25, -0.2) is 0 Å². The van der Waals surface area contributed by atoms with Crippen molar-refractivity contribution < 1.29 is 0 Å². The second-order valence-electron chi connectivity index (χ2n) is 0.101. The zero-order chi connectivity index (χ0) is 4.71. The third-order valence-corrected chi connectivity index (χ3v) is 0. The van der Waals surface area contributed by atoms with Crippen molar-refractivity contribution in [3.05, 3.63) is 0 Å². The van der Waals surface area contributed by atoms with E-state index in [-0.39, 0.29) is 0 Å². The number of alkyl halides is 3. The fourth-order valence-corrected chi connectivity index (χ4v) is 0. The van der Waals surface area contributed by atoms with E-state index in [1.807, 2.05) is 4.93 Å². The molecule has 0 rings (SSSR count). The fourth-order valence-electron chi connectivity index (χ4n) is 0. The molecule has 3 heteroatoms. The van der Waals surface area contributed by atoms with E-state index in [0.29, 0.717) is 0 Å². The van der Waals surface area contributed by atoms with Crippen molar-refractivity contribution in [2.45, 2.75) is 0 Å². The molecule has 0 unspecified atom stereocenters. The summed E-state index contributed by atoms with van der Waals surface area (Å²) in [5.41, 5.74) is 0. The average molecular weight is 410 g/mol. The van der Waals surface area contributed by atoms with Crippen molar-refractivity contribution >= 4 is 67.8 Å². The number of rotatable bonds is 0. The molecule has 0 amide bonds. The largest absolute Gasteiger partial charge is 0.0901 e. The summed E-state index contributed by atoms with van der Waals surface area (Å²) >= 11 is 6.70. The summed E-state index contributed by atoms with van der Waals surface area (Å²) < 4.78 is 1.19. The predicted molar refractivity (Wildman–Crippen MR) is 52.9 cm³/mol. The van der Waals surface area contributed by atoms with Crippen LogP contribution < -0.4 is 0 Å². The fraction of sp³-hybridized carbons (Fsp3) is 1.00. The predicted octanol–water partition coefficient (Wildman–Crippen LogP) is 2.87. The molecule has 0 aliphatic heterocycles. The average Bonchev–Trinajstić information content (AvgIpc) is 1.46. The third kappa shape index (κ3) is 22.7. The van der Waals surface area contributed by atoms with Crippen LogP contribution in [-0.2, 0) is 0 Å². The van der Waals surface area contributed by atoms with Crippen LogP contribution in [0.25, 0.3) is 0 Å². The van der Waals surface area contributed by atoms with Gasteiger partial charge in [-0.05, 0) is 4.93 Å². The molecule has 0 saturated heterocycles. The molecule has 0 nitrogen and oxygen atoms in total. The molecule has 0 aromatic carbocycles. The van der Waals surface area contributed by atoms with E-state index in [9.17, 15) is 0 Å². The van der Waals surface area contributed by atoms with Gasteiger partial charge in [0.1, 0.15) is 0 Å². The Balaban J connectivity index is 0. The van der Waals surface area contributed by atoms with Crippen LogP contribution in [-0.4, -0.2) is 7.36 Å². The Hall–Kier alpha value is 2.19. The van der Waals surface area contributed by atoms with Crippen molar-refractivity contribution in [3.8, 4) is 0 Å². The van der Waals surface area contributed by atoms with Crippen LogP contribution >= 0.6 is 67.8 Å². The highest BCUT2D eigenvalue weighted by atomic mass is 127. The summed E-state index contributed by atoms with van der Waals surface area (Å²) in [5, 5.41) is 0. The van der Waals surface area contributed by atoms with Gasteiger partial charge in [0, 0.05) is 0 Å². The normalized spacial score (nSPS) is 4.80. The van der Waals surface area contributed by atoms with E-state index >= 15 is 0 Å². The van der Waals surface area contributed by atoms with Crippen molar-refractivity contribution in [3.63, 3.8) is 0 Å². The van der Waals surface area contributed by atoms with E-state index in [2.05, 4.69) is 67.8 Å². The van der Waals surface area contributed by atoms with Crippen LogP contribution in [0.15, 0.2) is 0 Å². The minimum Gasteiger partial charge on any atom is -0.0901 e. The lowest BCUT2D eigenvalue weighted by molar-refractivity contribution is 2.58. The van der Waals surface area contributed by atoms with Gasteiger partial charge < -0.3 is 0 Å². The van der Waals surface area contributed by atoms with E-state index in [0.717, 1.165) is 0 Å². The molecule has 0 fully saturated rings. The second-order valence-corrected chi connectivity index (χ2v) is 4.55. The van der Waals surface area contributed by atoms with Crippen LogP contribution in [0.5, 0.6) is 0 Å². The molecule has 0 radical (unpaired) electrons. The van der Waals surface area contributed by atoms with Crippen LogP contribution in [0.4, 0.5) is 0 Å². The first kappa shape index (κ1) is 10.2. The molecule has 0 bridgehead atoms. The number of hydrogen-bond acceptors (Lipinski definition) is 0. The Morgan fingerprint density at radius 2 is 1.20 bits per heavy atom. The zero-order valence-electron chi connectivity index (χ0n) is 2.84. The molecular weight excluding hydrogens is 405 g/mol. The minimum atomic E-state index is 1.19. The van der Waals surface area contributed by atoms with Crippen molar-refractivity contribution in [1.29, 1.82) is 0 Å². The maximum atomic E-state index is 2.28. The van der Waals surface area contributed by atoms with Crippen LogP contribution in [0.2, 0.25) is 0 Å². The van der Waals surface area contributed by atoms with Crippen LogP contribution in [0.3, 0.4) is 0 Å². The molecule has 0 heterocycles. The van der Waals surface area contributed by atoms with Gasteiger partial charge >= 0.3 is 0 Å². The van der Waals surface area contributed by atoms with E-state index in [4.69, 9.17) is 0 Å². The molecule has 5 heavy (non-hydrogen) atoms. The quantitative estimate of drug-likeness (QED) is 0.426. The summed E-state index contributed by atoms with van der Waals surface area (Å²) in [6.45, 7) is 0. The third-order valence-electron chi connectivity index (χ3n) is 0. The van der Waals surface area contributed by atoms with Gasteiger partial charge in [0.25, 0.3) is 0 Å². The molecule has 34 valence electrons. The SMILES string of the molecule is CI.ICI. The van der Waals surface area contributed by atoms with Gasteiger partial charge in [0.2, 0.25) is 0 Å². The second kappa shape index (κ2) is 16.4. The maximum Gasteiger partial charge on any atom is 0.0516 e. The summed E-state index contributed by atoms with van der Waals surface area (Å²) in [5.74, 6) is 0. The lowest BCUT2D eigenvalue weighted by Gasteiger charge is -1.43. The standard InChI is InChI=1S/CH2I2.CH3I/c2-1-3;1-2/h1H2;1H3. The first-order valence-corrected chi connectivity index (χ1v) is 6.12. The van der Waals surface area contributed by atoms with E-state index in [1.54, 1.807) is 0 Å². The van der Waals surface area contributed by atoms with Gasteiger partial charge in [-0.3, -0.25) is 0 Å². The van der Waals surface area contributed by atoms with Crippen molar-refractivity contribution in [2.24, 2.45) is 0 Å². The molecule has 0 aromatic heterocycles. The monoisotopic (exact) mass is 410 g/mol. The van der Waals surface area contributed by atoms with Crippen LogP contribution in [0.1, 0.15) is 0 Å². The Morgan fingerprint density at radius 3 is 1.20 bits per heavy atom. The molecule has 0 spiro atoms. The summed E-state index contributed by atoms with van der Waals surface area (Å²) in [7, 11) is 0. The molecule has 0 aliphatic carbocycles. The van der Waals surface area contributed by atoms with Gasteiger partial charge in [0.15, 0.2) is 0 Å². The van der Waals surface area contributed by atoms with Gasteiger partial charge in [0.05, 0.1) is 2.43 Å².